The number of hydrogen-bond acceptors (Lipinski definition) is 5. The second kappa shape index (κ2) is 9.08. The molecule has 1 unspecified atom stereocenters. The highest BCUT2D eigenvalue weighted by atomic mass is 16.5. The number of benzene rings is 1. The minimum Gasteiger partial charge on any atom is -0.497 e. The van der Waals surface area contributed by atoms with E-state index in [4.69, 9.17) is 9.47 Å². The zero-order valence-corrected chi connectivity index (χ0v) is 16.2. The van der Waals surface area contributed by atoms with Crippen molar-refractivity contribution in [2.24, 2.45) is 0 Å². The molecule has 2 saturated heterocycles. The van der Waals surface area contributed by atoms with E-state index in [0.717, 1.165) is 31.5 Å². The molecule has 27 heavy (non-hydrogen) atoms. The summed E-state index contributed by atoms with van der Waals surface area (Å²) >= 11 is 0. The predicted octanol–water partition coefficient (Wildman–Crippen LogP) is 1.41. The van der Waals surface area contributed by atoms with Gasteiger partial charge in [0.2, 0.25) is 11.8 Å². The van der Waals surface area contributed by atoms with E-state index in [2.05, 4.69) is 10.2 Å². The lowest BCUT2D eigenvalue weighted by Crippen LogP contribution is -2.56. The van der Waals surface area contributed by atoms with Crippen LogP contribution in [0.4, 0.5) is 0 Å². The first-order valence-corrected chi connectivity index (χ1v) is 9.62. The molecule has 2 aliphatic rings. The van der Waals surface area contributed by atoms with Crippen LogP contribution in [0.2, 0.25) is 0 Å². The third-order valence-corrected chi connectivity index (χ3v) is 5.32. The molecule has 0 spiro atoms. The number of piperazine rings is 1. The molecule has 1 N–H and O–H groups in total. The number of carbonyl (C=O) groups is 2. The van der Waals surface area contributed by atoms with Crippen LogP contribution >= 0.6 is 0 Å². The topological polar surface area (TPSA) is 71.1 Å². The van der Waals surface area contributed by atoms with Crippen molar-refractivity contribution in [1.82, 2.24) is 15.1 Å². The van der Waals surface area contributed by atoms with Gasteiger partial charge in [-0.2, -0.15) is 0 Å². The lowest BCUT2D eigenvalue weighted by Gasteiger charge is -2.36. The normalized spacial score (nSPS) is 20.9. The second-order valence-corrected chi connectivity index (χ2v) is 7.14. The first-order chi connectivity index (χ1) is 13.1. The Hall–Kier alpha value is -2.28. The Labute approximate surface area is 160 Å². The predicted molar refractivity (Wildman–Crippen MR) is 102 cm³/mol. The van der Waals surface area contributed by atoms with Gasteiger partial charge in [0, 0.05) is 38.8 Å². The second-order valence-electron chi connectivity index (χ2n) is 7.14. The minimum absolute atomic E-state index is 0.0681. The molecule has 3 rings (SSSR count). The van der Waals surface area contributed by atoms with Crippen molar-refractivity contribution >= 4 is 11.8 Å². The number of piperidine rings is 1. The van der Waals surface area contributed by atoms with Gasteiger partial charge in [-0.05, 0) is 37.0 Å². The summed E-state index contributed by atoms with van der Waals surface area (Å²) in [5.41, 5.74) is 0.997. The summed E-state index contributed by atoms with van der Waals surface area (Å²) in [4.78, 5) is 29.2. The van der Waals surface area contributed by atoms with Crippen LogP contribution in [0.25, 0.3) is 0 Å². The van der Waals surface area contributed by atoms with Crippen LogP contribution in [0.1, 0.15) is 31.2 Å². The van der Waals surface area contributed by atoms with Gasteiger partial charge in [0.25, 0.3) is 0 Å². The van der Waals surface area contributed by atoms with E-state index in [1.165, 1.54) is 6.42 Å². The summed E-state index contributed by atoms with van der Waals surface area (Å²) in [5, 5.41) is 2.90. The van der Waals surface area contributed by atoms with Crippen molar-refractivity contribution in [2.45, 2.75) is 38.3 Å². The Kier molecular flexibility index (Phi) is 6.55. The van der Waals surface area contributed by atoms with Gasteiger partial charge in [0.05, 0.1) is 26.7 Å². The van der Waals surface area contributed by atoms with Gasteiger partial charge >= 0.3 is 0 Å². The molecule has 7 nitrogen and oxygen atoms in total. The highest BCUT2D eigenvalue weighted by Gasteiger charge is 2.33. The van der Waals surface area contributed by atoms with Gasteiger partial charge in [-0.3, -0.25) is 14.5 Å². The zero-order valence-electron chi connectivity index (χ0n) is 16.2. The van der Waals surface area contributed by atoms with Gasteiger partial charge < -0.3 is 19.7 Å². The average Bonchev–Trinajstić information content (AvgIpc) is 2.70. The van der Waals surface area contributed by atoms with Gasteiger partial charge in [-0.25, -0.2) is 0 Å². The third-order valence-electron chi connectivity index (χ3n) is 5.32. The molecule has 2 aliphatic heterocycles. The Morgan fingerprint density at radius 1 is 1.07 bits per heavy atom. The molecule has 0 radical (unpaired) electrons. The Bertz CT molecular complexity index is 651. The fourth-order valence-electron chi connectivity index (χ4n) is 3.80. The molecule has 0 aliphatic carbocycles. The van der Waals surface area contributed by atoms with Crippen molar-refractivity contribution < 1.29 is 19.1 Å². The van der Waals surface area contributed by atoms with Crippen LogP contribution in [0.3, 0.4) is 0 Å². The van der Waals surface area contributed by atoms with Crippen LogP contribution in [0, 0.1) is 0 Å². The number of ether oxygens (including phenoxy) is 2. The van der Waals surface area contributed by atoms with Crippen LogP contribution in [-0.2, 0) is 16.1 Å². The van der Waals surface area contributed by atoms with Crippen LogP contribution in [0.15, 0.2) is 18.2 Å². The van der Waals surface area contributed by atoms with Crippen molar-refractivity contribution in [3.63, 3.8) is 0 Å². The lowest BCUT2D eigenvalue weighted by molar-refractivity contribution is -0.139. The molecule has 0 bridgehead atoms. The number of rotatable bonds is 6. The molecular formula is C20H29N3O4. The molecule has 0 saturated carbocycles. The number of methoxy groups -OCH3 is 2. The maximum Gasteiger partial charge on any atom is 0.237 e. The fraction of sp³-hybridized carbons (Fsp3) is 0.600. The smallest absolute Gasteiger partial charge is 0.237 e. The molecule has 0 aromatic heterocycles. The number of nitrogens with zero attached hydrogens (tertiary/aromatic N) is 2. The van der Waals surface area contributed by atoms with E-state index in [1.54, 1.807) is 14.2 Å². The van der Waals surface area contributed by atoms with Crippen LogP contribution in [-0.4, -0.2) is 68.1 Å². The number of amides is 2. The van der Waals surface area contributed by atoms with Gasteiger partial charge in [-0.1, -0.05) is 0 Å². The number of nitrogens with one attached hydrogen (secondary N) is 1. The van der Waals surface area contributed by atoms with Crippen LogP contribution in [0.5, 0.6) is 11.5 Å². The fourth-order valence-corrected chi connectivity index (χ4v) is 3.80. The maximum atomic E-state index is 12.7. The van der Waals surface area contributed by atoms with Gasteiger partial charge in [0.1, 0.15) is 11.5 Å². The molecule has 1 atom stereocenters. The Balaban J connectivity index is 1.72. The van der Waals surface area contributed by atoms with E-state index < -0.39 is 6.04 Å². The van der Waals surface area contributed by atoms with Crippen molar-refractivity contribution in [1.29, 1.82) is 0 Å². The van der Waals surface area contributed by atoms with Gasteiger partial charge in [-0.15, -0.1) is 0 Å². The number of hydrogen-bond donors (Lipinski definition) is 1. The molecule has 2 amide bonds. The highest BCUT2D eigenvalue weighted by Crippen LogP contribution is 2.25. The Morgan fingerprint density at radius 2 is 1.74 bits per heavy atom. The zero-order chi connectivity index (χ0) is 19.2. The van der Waals surface area contributed by atoms with E-state index >= 15 is 0 Å². The van der Waals surface area contributed by atoms with Crippen molar-refractivity contribution in [3.8, 4) is 11.5 Å². The summed E-state index contributed by atoms with van der Waals surface area (Å²) in [6.45, 7) is 3.48. The molecule has 1 aromatic rings. The highest BCUT2D eigenvalue weighted by molar-refractivity contribution is 5.88. The summed E-state index contributed by atoms with van der Waals surface area (Å²) in [6, 6.07) is 5.27. The molecule has 148 valence electrons. The maximum absolute atomic E-state index is 12.7. The third kappa shape index (κ3) is 4.91. The molecule has 7 heteroatoms. The number of likely N-dealkylation sites (tertiary alicyclic amines) is 1. The van der Waals surface area contributed by atoms with E-state index in [9.17, 15) is 9.59 Å². The molecule has 2 heterocycles. The van der Waals surface area contributed by atoms with Crippen molar-refractivity contribution in [2.75, 3.05) is 40.4 Å². The summed E-state index contributed by atoms with van der Waals surface area (Å²) < 4.78 is 10.7. The van der Waals surface area contributed by atoms with E-state index in [0.29, 0.717) is 31.1 Å². The average molecular weight is 375 g/mol. The molecular weight excluding hydrogens is 346 g/mol. The number of carbonyl (C=O) groups excluding carboxylic acids is 2. The monoisotopic (exact) mass is 375 g/mol. The summed E-state index contributed by atoms with van der Waals surface area (Å²) in [6.07, 6.45) is 3.51. The van der Waals surface area contributed by atoms with E-state index in [1.807, 2.05) is 23.1 Å². The molecule has 2 fully saturated rings. The quantitative estimate of drug-likeness (QED) is 0.814. The largest absolute Gasteiger partial charge is 0.497 e. The first-order valence-electron chi connectivity index (χ1n) is 9.62. The molecule has 1 aromatic carbocycles. The standard InChI is InChI=1S/C20H29N3O4/c1-26-16-10-15(11-17(12-16)27-2)14-23-9-6-21-20(25)18(23)13-19(24)22-7-4-3-5-8-22/h10-12,18H,3-9,13-14H2,1-2H3,(H,21,25). The summed E-state index contributed by atoms with van der Waals surface area (Å²) in [5.74, 6) is 1.44. The first kappa shape index (κ1) is 19.5. The summed E-state index contributed by atoms with van der Waals surface area (Å²) in [7, 11) is 3.24. The van der Waals surface area contributed by atoms with E-state index in [-0.39, 0.29) is 18.2 Å². The SMILES string of the molecule is COc1cc(CN2CCNC(=O)C2CC(=O)N2CCCCC2)cc(OC)c1. The van der Waals surface area contributed by atoms with Gasteiger partial charge in [0.15, 0.2) is 0 Å². The minimum atomic E-state index is -0.439. The lowest BCUT2D eigenvalue weighted by atomic mass is 10.0. The van der Waals surface area contributed by atoms with Crippen LogP contribution < -0.4 is 14.8 Å². The Morgan fingerprint density at radius 3 is 2.37 bits per heavy atom. The van der Waals surface area contributed by atoms with Crippen molar-refractivity contribution in [3.05, 3.63) is 23.8 Å².